The van der Waals surface area contributed by atoms with E-state index in [-0.39, 0.29) is 11.9 Å². The van der Waals surface area contributed by atoms with Gasteiger partial charge in [0.25, 0.3) is 0 Å². The Hall–Kier alpha value is -4.87. The number of rotatable bonds is 8. The van der Waals surface area contributed by atoms with E-state index in [1.165, 1.54) is 5.56 Å². The average Bonchev–Trinajstić information content (AvgIpc) is 3.52. The minimum absolute atomic E-state index is 0.112. The van der Waals surface area contributed by atoms with Gasteiger partial charge in [-0.1, -0.05) is 72.3 Å². The average molecular weight is 644 g/mol. The SMILES string of the molecule is Cc1cc(Cl)ccc1-c1ccc(NC(=O)C(Cc2ccc(C(=O)OC(C)(C)C)cc2)c2ccc(-c3ccc4c(c3)CCO4)cc2)cc1. The van der Waals surface area contributed by atoms with Gasteiger partial charge in [0.1, 0.15) is 11.4 Å². The van der Waals surface area contributed by atoms with Crippen LogP contribution >= 0.6 is 11.6 Å². The smallest absolute Gasteiger partial charge is 0.338 e. The largest absolute Gasteiger partial charge is 0.493 e. The number of esters is 1. The summed E-state index contributed by atoms with van der Waals surface area (Å²) in [7, 11) is 0. The first-order valence-corrected chi connectivity index (χ1v) is 16.3. The molecule has 0 saturated carbocycles. The summed E-state index contributed by atoms with van der Waals surface area (Å²) in [5, 5.41) is 3.85. The van der Waals surface area contributed by atoms with Crippen molar-refractivity contribution in [3.05, 3.63) is 142 Å². The first-order valence-electron chi connectivity index (χ1n) is 15.9. The van der Waals surface area contributed by atoms with Crippen molar-refractivity contribution in [2.75, 3.05) is 11.9 Å². The zero-order chi connectivity index (χ0) is 33.1. The topological polar surface area (TPSA) is 64.6 Å². The zero-order valence-electron chi connectivity index (χ0n) is 27.1. The fourth-order valence-electron chi connectivity index (χ4n) is 5.90. The molecule has 1 atom stereocenters. The quantitative estimate of drug-likeness (QED) is 0.171. The van der Waals surface area contributed by atoms with Crippen molar-refractivity contribution in [2.24, 2.45) is 0 Å². The molecule has 1 aliphatic heterocycles. The van der Waals surface area contributed by atoms with Crippen LogP contribution in [-0.4, -0.2) is 24.1 Å². The molecule has 5 aromatic rings. The highest BCUT2D eigenvalue weighted by Gasteiger charge is 2.23. The fourth-order valence-corrected chi connectivity index (χ4v) is 6.13. The molecule has 1 aliphatic rings. The molecule has 0 aromatic heterocycles. The van der Waals surface area contributed by atoms with Crippen LogP contribution in [0.15, 0.2) is 109 Å². The lowest BCUT2D eigenvalue weighted by Crippen LogP contribution is -2.24. The zero-order valence-corrected chi connectivity index (χ0v) is 27.9. The number of amides is 1. The molecule has 0 spiro atoms. The van der Waals surface area contributed by atoms with E-state index < -0.39 is 11.5 Å². The highest BCUT2D eigenvalue weighted by molar-refractivity contribution is 6.30. The van der Waals surface area contributed by atoms with Crippen LogP contribution in [0.25, 0.3) is 22.3 Å². The van der Waals surface area contributed by atoms with Crippen molar-refractivity contribution in [3.63, 3.8) is 0 Å². The highest BCUT2D eigenvalue weighted by Crippen LogP contribution is 2.33. The second-order valence-corrected chi connectivity index (χ2v) is 13.5. The fraction of sp³-hybridized carbons (Fsp3) is 0.220. The first-order chi connectivity index (χ1) is 22.5. The number of hydrogen-bond acceptors (Lipinski definition) is 4. The summed E-state index contributed by atoms with van der Waals surface area (Å²) >= 11 is 6.16. The number of nitrogens with one attached hydrogen (secondary N) is 1. The van der Waals surface area contributed by atoms with Gasteiger partial charge in [0.05, 0.1) is 18.1 Å². The van der Waals surface area contributed by atoms with Crippen LogP contribution in [0, 0.1) is 6.92 Å². The van der Waals surface area contributed by atoms with Crippen LogP contribution in [0.1, 0.15) is 59.3 Å². The molecule has 5 nitrogen and oxygen atoms in total. The lowest BCUT2D eigenvalue weighted by molar-refractivity contribution is -0.117. The van der Waals surface area contributed by atoms with Crippen LogP contribution in [0.5, 0.6) is 5.75 Å². The maximum absolute atomic E-state index is 14.0. The number of benzene rings is 5. The van der Waals surface area contributed by atoms with Gasteiger partial charge >= 0.3 is 5.97 Å². The van der Waals surface area contributed by atoms with Gasteiger partial charge in [0.15, 0.2) is 0 Å². The number of carbonyl (C=O) groups excluding carboxylic acids is 2. The van der Waals surface area contributed by atoms with Gasteiger partial charge in [-0.3, -0.25) is 4.79 Å². The van der Waals surface area contributed by atoms with Crippen molar-refractivity contribution in [1.82, 2.24) is 0 Å². The number of hydrogen-bond donors (Lipinski definition) is 1. The number of aryl methyl sites for hydroxylation is 1. The normalized spacial score (nSPS) is 13.0. The van der Waals surface area contributed by atoms with E-state index in [0.717, 1.165) is 57.7 Å². The summed E-state index contributed by atoms with van der Waals surface area (Å²) in [5.74, 6) is 0.00233. The van der Waals surface area contributed by atoms with E-state index in [0.29, 0.717) is 22.7 Å². The molecular formula is C41H38ClNO4. The van der Waals surface area contributed by atoms with Gasteiger partial charge < -0.3 is 14.8 Å². The number of anilines is 1. The number of ether oxygens (including phenoxy) is 2. The molecule has 6 rings (SSSR count). The standard InChI is InChI=1S/C41H38ClNO4/c1-26-23-34(42)16-19-36(26)29-13-17-35(18-14-29)43-39(44)37(24-27-5-7-31(8-6-27)40(45)47-41(2,3)4)30-11-9-28(10-12-30)32-15-20-38-33(25-32)21-22-46-38/h5-20,23,25,37H,21-22,24H2,1-4H3,(H,43,44). The monoisotopic (exact) mass is 643 g/mol. The van der Waals surface area contributed by atoms with Gasteiger partial charge in [0, 0.05) is 17.1 Å². The van der Waals surface area contributed by atoms with Crippen LogP contribution in [0.2, 0.25) is 5.02 Å². The van der Waals surface area contributed by atoms with Crippen LogP contribution in [0.4, 0.5) is 5.69 Å². The second kappa shape index (κ2) is 13.5. The lowest BCUT2D eigenvalue weighted by atomic mass is 9.89. The summed E-state index contributed by atoms with van der Waals surface area (Å²) in [6.45, 7) is 8.29. The molecule has 1 N–H and O–H groups in total. The van der Waals surface area contributed by atoms with Gasteiger partial charge in [-0.05, 0) is 127 Å². The van der Waals surface area contributed by atoms with E-state index in [4.69, 9.17) is 21.1 Å². The Morgan fingerprint density at radius 2 is 1.51 bits per heavy atom. The van der Waals surface area contributed by atoms with Crippen LogP contribution < -0.4 is 10.1 Å². The van der Waals surface area contributed by atoms with Crippen LogP contribution in [-0.2, 0) is 22.4 Å². The summed E-state index contributed by atoms with van der Waals surface area (Å²) in [6.07, 6.45) is 1.37. The van der Waals surface area contributed by atoms with E-state index in [2.05, 4.69) is 29.6 Å². The molecular weight excluding hydrogens is 606 g/mol. The molecule has 0 fully saturated rings. The van der Waals surface area contributed by atoms with Gasteiger partial charge in [-0.15, -0.1) is 0 Å². The predicted octanol–water partition coefficient (Wildman–Crippen LogP) is 9.84. The van der Waals surface area contributed by atoms with E-state index in [1.807, 2.05) is 100 Å². The molecule has 238 valence electrons. The van der Waals surface area contributed by atoms with Crippen molar-refractivity contribution < 1.29 is 19.1 Å². The molecule has 0 bridgehead atoms. The van der Waals surface area contributed by atoms with Gasteiger partial charge in [0.2, 0.25) is 5.91 Å². The first kappa shape index (κ1) is 32.1. The Morgan fingerprint density at radius 1 is 0.830 bits per heavy atom. The number of halogens is 1. The van der Waals surface area contributed by atoms with Crippen molar-refractivity contribution >= 4 is 29.2 Å². The molecule has 0 radical (unpaired) electrons. The third-order valence-electron chi connectivity index (χ3n) is 8.33. The number of fused-ring (bicyclic) bond motifs is 1. The summed E-state index contributed by atoms with van der Waals surface area (Å²) in [5.41, 5.74) is 9.10. The van der Waals surface area contributed by atoms with Crippen molar-refractivity contribution in [1.29, 1.82) is 0 Å². The maximum atomic E-state index is 14.0. The Balaban J connectivity index is 1.24. The van der Waals surface area contributed by atoms with Crippen molar-refractivity contribution in [2.45, 2.75) is 52.1 Å². The molecule has 1 heterocycles. The molecule has 1 amide bonds. The van der Waals surface area contributed by atoms with Gasteiger partial charge in [-0.2, -0.15) is 0 Å². The molecule has 0 saturated heterocycles. The molecule has 6 heteroatoms. The summed E-state index contributed by atoms with van der Waals surface area (Å²) < 4.78 is 11.2. The summed E-state index contributed by atoms with van der Waals surface area (Å²) in [4.78, 5) is 26.6. The second-order valence-electron chi connectivity index (χ2n) is 13.0. The minimum Gasteiger partial charge on any atom is -0.493 e. The van der Waals surface area contributed by atoms with Crippen molar-refractivity contribution in [3.8, 4) is 28.0 Å². The van der Waals surface area contributed by atoms with E-state index in [1.54, 1.807) is 12.1 Å². The van der Waals surface area contributed by atoms with E-state index >= 15 is 0 Å². The van der Waals surface area contributed by atoms with Gasteiger partial charge in [-0.25, -0.2) is 4.79 Å². The Labute approximate surface area is 281 Å². The molecule has 47 heavy (non-hydrogen) atoms. The molecule has 5 aromatic carbocycles. The Bertz CT molecular complexity index is 1910. The number of carbonyl (C=O) groups is 2. The van der Waals surface area contributed by atoms with E-state index in [9.17, 15) is 9.59 Å². The summed E-state index contributed by atoms with van der Waals surface area (Å²) in [6, 6.07) is 35.5. The third-order valence-corrected chi connectivity index (χ3v) is 8.57. The Morgan fingerprint density at radius 3 is 2.19 bits per heavy atom. The molecule has 1 unspecified atom stereocenters. The lowest BCUT2D eigenvalue weighted by Gasteiger charge is -2.20. The minimum atomic E-state index is -0.579. The highest BCUT2D eigenvalue weighted by atomic mass is 35.5. The Kier molecular flexibility index (Phi) is 9.19. The predicted molar refractivity (Wildman–Crippen MR) is 189 cm³/mol. The maximum Gasteiger partial charge on any atom is 0.338 e. The van der Waals surface area contributed by atoms with Crippen LogP contribution in [0.3, 0.4) is 0 Å². The molecule has 0 aliphatic carbocycles. The third kappa shape index (κ3) is 7.75.